The minimum Gasteiger partial charge on any atom is -0.489 e. The van der Waals surface area contributed by atoms with Gasteiger partial charge in [0.2, 0.25) is 0 Å². The lowest BCUT2D eigenvalue weighted by Gasteiger charge is -2.17. The molecule has 0 radical (unpaired) electrons. The molecule has 1 amide bonds. The molecule has 0 aliphatic carbocycles. The maximum Gasteiger partial charge on any atom is 0.411 e. The summed E-state index contributed by atoms with van der Waals surface area (Å²) >= 11 is 0. The summed E-state index contributed by atoms with van der Waals surface area (Å²) in [6.07, 6.45) is 1.40. The number of anilines is 1. The Labute approximate surface area is 150 Å². The molecule has 0 saturated heterocycles. The van der Waals surface area contributed by atoms with Crippen LogP contribution in [0.5, 0.6) is 5.75 Å². The zero-order valence-electron chi connectivity index (χ0n) is 15.7. The molecule has 0 atom stereocenters. The summed E-state index contributed by atoms with van der Waals surface area (Å²) < 4.78 is 10.8. The fourth-order valence-corrected chi connectivity index (χ4v) is 2.95. The number of hydrogen-bond donors (Lipinski definition) is 1. The van der Waals surface area contributed by atoms with Gasteiger partial charge in [-0.05, 0) is 61.1 Å². The van der Waals surface area contributed by atoms with Crippen molar-refractivity contribution in [2.75, 3.05) is 12.4 Å². The topological polar surface area (TPSA) is 47.6 Å². The van der Waals surface area contributed by atoms with Gasteiger partial charge in [0.1, 0.15) is 12.4 Å². The largest absolute Gasteiger partial charge is 0.489 e. The van der Waals surface area contributed by atoms with Gasteiger partial charge in [-0.3, -0.25) is 5.32 Å². The van der Waals surface area contributed by atoms with Crippen LogP contribution in [-0.2, 0) is 24.2 Å². The Bertz CT molecular complexity index is 753. The zero-order chi connectivity index (χ0) is 18.4. The average molecular weight is 341 g/mol. The number of ether oxygens (including phenoxy) is 2. The predicted octanol–water partition coefficient (Wildman–Crippen LogP) is 5.19. The van der Waals surface area contributed by atoms with E-state index in [4.69, 9.17) is 9.47 Å². The number of carbonyl (C=O) groups is 1. The molecule has 4 heteroatoms. The Morgan fingerprint density at radius 2 is 1.76 bits per heavy atom. The van der Waals surface area contributed by atoms with Crippen molar-refractivity contribution >= 4 is 11.8 Å². The molecule has 0 heterocycles. The molecule has 0 unspecified atom stereocenters. The van der Waals surface area contributed by atoms with Gasteiger partial charge in [0.25, 0.3) is 0 Å². The minimum atomic E-state index is -0.478. The van der Waals surface area contributed by atoms with E-state index in [1.807, 2.05) is 12.1 Å². The van der Waals surface area contributed by atoms with Crippen LogP contribution in [0.1, 0.15) is 41.7 Å². The summed E-state index contributed by atoms with van der Waals surface area (Å²) in [6.45, 7) is 8.81. The molecule has 0 spiro atoms. The maximum absolute atomic E-state index is 11.6. The van der Waals surface area contributed by atoms with Gasteiger partial charge in [-0.1, -0.05) is 32.0 Å². The molecule has 134 valence electrons. The van der Waals surface area contributed by atoms with Crippen LogP contribution in [0.15, 0.2) is 30.3 Å². The second-order valence-electron chi connectivity index (χ2n) is 6.10. The second-order valence-corrected chi connectivity index (χ2v) is 6.10. The van der Waals surface area contributed by atoms with Gasteiger partial charge in [-0.15, -0.1) is 0 Å². The summed E-state index contributed by atoms with van der Waals surface area (Å²) in [7, 11) is 1.36. The van der Waals surface area contributed by atoms with Crippen LogP contribution in [0.3, 0.4) is 0 Å². The van der Waals surface area contributed by atoms with E-state index in [-0.39, 0.29) is 0 Å². The third-order valence-electron chi connectivity index (χ3n) is 4.46. The number of carbonyl (C=O) groups excluding carboxylic acids is 1. The first-order chi connectivity index (χ1) is 12.0. The first-order valence-corrected chi connectivity index (χ1v) is 8.68. The van der Waals surface area contributed by atoms with Crippen molar-refractivity contribution in [3.63, 3.8) is 0 Å². The first kappa shape index (κ1) is 18.8. The molecule has 0 bridgehead atoms. The molecule has 2 rings (SSSR count). The van der Waals surface area contributed by atoms with E-state index < -0.39 is 6.09 Å². The number of hydrogen-bond acceptors (Lipinski definition) is 3. The van der Waals surface area contributed by atoms with Crippen LogP contribution >= 0.6 is 0 Å². The standard InChI is InChI=1S/C21H27NO3/c1-6-16-9-8-10-19(22-21(23)24-5)18(16)13-25-20-12-14(3)17(7-2)11-15(20)4/h8-12H,6-7,13H2,1-5H3,(H,22,23). The van der Waals surface area contributed by atoms with E-state index in [1.54, 1.807) is 0 Å². The minimum absolute atomic E-state index is 0.398. The van der Waals surface area contributed by atoms with Crippen molar-refractivity contribution in [1.29, 1.82) is 0 Å². The van der Waals surface area contributed by atoms with Crippen LogP contribution in [-0.4, -0.2) is 13.2 Å². The van der Waals surface area contributed by atoms with Crippen molar-refractivity contribution in [3.05, 3.63) is 58.1 Å². The Morgan fingerprint density at radius 3 is 2.40 bits per heavy atom. The van der Waals surface area contributed by atoms with Crippen molar-refractivity contribution in [1.82, 2.24) is 0 Å². The molecule has 0 fully saturated rings. The molecular weight excluding hydrogens is 314 g/mol. The van der Waals surface area contributed by atoms with Crippen molar-refractivity contribution < 1.29 is 14.3 Å². The molecule has 4 nitrogen and oxygen atoms in total. The van der Waals surface area contributed by atoms with Crippen molar-refractivity contribution in [2.24, 2.45) is 0 Å². The zero-order valence-corrected chi connectivity index (χ0v) is 15.7. The lowest BCUT2D eigenvalue weighted by molar-refractivity contribution is 0.187. The molecule has 0 aliphatic heterocycles. The van der Waals surface area contributed by atoms with Crippen LogP contribution in [0.4, 0.5) is 10.5 Å². The van der Waals surface area contributed by atoms with E-state index in [0.717, 1.165) is 41.0 Å². The van der Waals surface area contributed by atoms with Crippen LogP contribution in [0.2, 0.25) is 0 Å². The number of aryl methyl sites for hydroxylation is 4. The molecule has 2 aromatic rings. The fraction of sp³-hybridized carbons (Fsp3) is 0.381. The highest BCUT2D eigenvalue weighted by molar-refractivity contribution is 5.85. The Hall–Kier alpha value is -2.49. The highest BCUT2D eigenvalue weighted by Gasteiger charge is 2.12. The monoisotopic (exact) mass is 341 g/mol. The van der Waals surface area contributed by atoms with Crippen LogP contribution in [0, 0.1) is 13.8 Å². The predicted molar refractivity (Wildman–Crippen MR) is 101 cm³/mol. The van der Waals surface area contributed by atoms with E-state index >= 15 is 0 Å². The number of methoxy groups -OCH3 is 1. The molecule has 0 saturated carbocycles. The number of nitrogens with one attached hydrogen (secondary N) is 1. The molecule has 25 heavy (non-hydrogen) atoms. The second kappa shape index (κ2) is 8.56. The van der Waals surface area contributed by atoms with E-state index in [9.17, 15) is 4.79 Å². The molecule has 0 aliphatic rings. The van der Waals surface area contributed by atoms with Crippen LogP contribution in [0.25, 0.3) is 0 Å². The molecule has 2 aromatic carbocycles. The normalized spacial score (nSPS) is 10.4. The lowest BCUT2D eigenvalue weighted by Crippen LogP contribution is -2.14. The number of amides is 1. The SMILES string of the molecule is CCc1cc(C)c(OCc2c(CC)cccc2NC(=O)OC)cc1C. The Balaban J connectivity index is 2.28. The Kier molecular flexibility index (Phi) is 6.45. The molecule has 1 N–H and O–H groups in total. The summed E-state index contributed by atoms with van der Waals surface area (Å²) in [6, 6.07) is 10.1. The Morgan fingerprint density at radius 1 is 1.04 bits per heavy atom. The van der Waals surface area contributed by atoms with Gasteiger partial charge in [0.05, 0.1) is 12.8 Å². The van der Waals surface area contributed by atoms with Gasteiger partial charge < -0.3 is 9.47 Å². The van der Waals surface area contributed by atoms with Crippen LogP contribution < -0.4 is 10.1 Å². The first-order valence-electron chi connectivity index (χ1n) is 8.68. The quantitative estimate of drug-likeness (QED) is 0.787. The summed E-state index contributed by atoms with van der Waals surface area (Å²) in [5.74, 6) is 0.879. The molecular formula is C21H27NO3. The number of rotatable bonds is 6. The maximum atomic E-state index is 11.6. The summed E-state index contributed by atoms with van der Waals surface area (Å²) in [5.41, 5.74) is 6.55. The van der Waals surface area contributed by atoms with Gasteiger partial charge in [-0.2, -0.15) is 0 Å². The summed E-state index contributed by atoms with van der Waals surface area (Å²) in [5, 5.41) is 2.77. The highest BCUT2D eigenvalue weighted by Crippen LogP contribution is 2.27. The van der Waals surface area contributed by atoms with E-state index in [0.29, 0.717) is 6.61 Å². The van der Waals surface area contributed by atoms with Crippen molar-refractivity contribution in [2.45, 2.75) is 47.1 Å². The van der Waals surface area contributed by atoms with E-state index in [1.165, 1.54) is 18.2 Å². The smallest absolute Gasteiger partial charge is 0.411 e. The summed E-state index contributed by atoms with van der Waals surface area (Å²) in [4.78, 5) is 11.6. The van der Waals surface area contributed by atoms with Gasteiger partial charge in [-0.25, -0.2) is 4.79 Å². The number of benzene rings is 2. The van der Waals surface area contributed by atoms with Gasteiger partial charge >= 0.3 is 6.09 Å². The van der Waals surface area contributed by atoms with Crippen molar-refractivity contribution in [3.8, 4) is 5.75 Å². The third-order valence-corrected chi connectivity index (χ3v) is 4.46. The molecule has 0 aromatic heterocycles. The lowest BCUT2D eigenvalue weighted by atomic mass is 10.0. The fourth-order valence-electron chi connectivity index (χ4n) is 2.95. The highest BCUT2D eigenvalue weighted by atomic mass is 16.5. The van der Waals surface area contributed by atoms with Gasteiger partial charge in [0, 0.05) is 5.56 Å². The average Bonchev–Trinajstić information content (AvgIpc) is 2.62. The third kappa shape index (κ3) is 4.53. The van der Waals surface area contributed by atoms with E-state index in [2.05, 4.69) is 51.2 Å². The van der Waals surface area contributed by atoms with Gasteiger partial charge in [0.15, 0.2) is 0 Å².